The number of anilines is 2. The normalized spacial score (nSPS) is 21.5. The number of nitrogen functional groups attached to an aromatic ring is 1. The van der Waals surface area contributed by atoms with E-state index in [0.29, 0.717) is 35.2 Å². The molecular weight excluding hydrogens is 633 g/mol. The lowest BCUT2D eigenvalue weighted by molar-refractivity contribution is -0.148. The number of imidazole rings is 1. The average Bonchev–Trinajstić information content (AvgIpc) is 3.69. The molecule has 6 rings (SSSR count). The van der Waals surface area contributed by atoms with Crippen LogP contribution in [0, 0.1) is 23.7 Å². The average molecular weight is 676 g/mol. The highest BCUT2D eigenvalue weighted by atomic mass is 31.2. The second kappa shape index (κ2) is 13.4. The van der Waals surface area contributed by atoms with E-state index < -0.39 is 32.1 Å². The number of nitrogens with two attached hydrogens (primary N) is 1. The molecule has 1 saturated heterocycles. The zero-order valence-corrected chi connectivity index (χ0v) is 28.7. The summed E-state index contributed by atoms with van der Waals surface area (Å²) in [7, 11) is -2.22. The molecule has 2 fully saturated rings. The van der Waals surface area contributed by atoms with Crippen molar-refractivity contribution >= 4 is 47.4 Å². The predicted molar refractivity (Wildman–Crippen MR) is 183 cm³/mol. The van der Waals surface area contributed by atoms with Gasteiger partial charge in [-0.1, -0.05) is 63.1 Å². The van der Waals surface area contributed by atoms with Crippen LogP contribution in [0.15, 0.2) is 48.8 Å². The van der Waals surface area contributed by atoms with Crippen LogP contribution in [0.4, 0.5) is 11.8 Å². The molecule has 1 aliphatic heterocycles. The maximum atomic E-state index is 14.4. The van der Waals surface area contributed by atoms with Crippen molar-refractivity contribution in [1.29, 1.82) is 0 Å². The molecule has 1 saturated carbocycles. The van der Waals surface area contributed by atoms with E-state index in [-0.39, 0.29) is 30.5 Å². The number of benzene rings is 2. The van der Waals surface area contributed by atoms with Crippen LogP contribution in [0.5, 0.6) is 5.75 Å². The first-order valence-corrected chi connectivity index (χ1v) is 17.6. The van der Waals surface area contributed by atoms with Gasteiger partial charge in [-0.3, -0.25) is 13.9 Å². The van der Waals surface area contributed by atoms with E-state index in [2.05, 4.69) is 30.9 Å². The molecular formula is C34H42N7O6P. The van der Waals surface area contributed by atoms with Gasteiger partial charge in [0.25, 0.3) is 0 Å². The molecule has 0 amide bonds. The number of carbonyl (C=O) groups is 1. The van der Waals surface area contributed by atoms with Gasteiger partial charge in [0.1, 0.15) is 11.8 Å². The Morgan fingerprint density at radius 3 is 2.71 bits per heavy atom. The van der Waals surface area contributed by atoms with E-state index in [0.717, 1.165) is 23.6 Å². The maximum Gasteiger partial charge on any atom is 0.459 e. The van der Waals surface area contributed by atoms with Crippen LogP contribution in [0.3, 0.4) is 0 Å². The van der Waals surface area contributed by atoms with Gasteiger partial charge in [0.05, 0.1) is 31.6 Å². The van der Waals surface area contributed by atoms with Gasteiger partial charge in [0.15, 0.2) is 23.2 Å². The first-order chi connectivity index (χ1) is 22.8. The molecule has 3 N–H and O–H groups in total. The SMILES string of the molecule is C#C[C@H]1C[C@@H](CO[P@](=O)(N[C@H](C)C(=O)OCC(C)(C)C)Oc2cccc3ccccc23)O[C@H]1n1cnc2c(N(C)C3CC3)nc(N)nc21. The van der Waals surface area contributed by atoms with E-state index in [1.807, 2.05) is 58.2 Å². The first kappa shape index (κ1) is 33.7. The number of esters is 1. The van der Waals surface area contributed by atoms with Crippen LogP contribution in [-0.4, -0.2) is 63.9 Å². The fourth-order valence-corrected chi connectivity index (χ4v) is 7.17. The number of carbonyl (C=O) groups excluding carboxylic acids is 1. The summed E-state index contributed by atoms with van der Waals surface area (Å²) in [6.45, 7) is 7.45. The number of nitrogens with one attached hydrogen (secondary N) is 1. The molecule has 5 atom stereocenters. The van der Waals surface area contributed by atoms with Gasteiger partial charge in [0, 0.05) is 18.5 Å². The maximum absolute atomic E-state index is 14.4. The number of hydrogen-bond acceptors (Lipinski definition) is 11. The first-order valence-electron chi connectivity index (χ1n) is 16.0. The summed E-state index contributed by atoms with van der Waals surface area (Å²) in [6, 6.07) is 12.3. The minimum absolute atomic E-state index is 0.120. The monoisotopic (exact) mass is 675 g/mol. The Kier molecular flexibility index (Phi) is 9.37. The highest BCUT2D eigenvalue weighted by Crippen LogP contribution is 2.48. The number of aromatic nitrogens is 4. The van der Waals surface area contributed by atoms with Crippen molar-refractivity contribution in [3.05, 3.63) is 48.8 Å². The third-order valence-electron chi connectivity index (χ3n) is 8.28. The van der Waals surface area contributed by atoms with Crippen molar-refractivity contribution < 1.29 is 27.9 Å². The molecule has 14 heteroatoms. The van der Waals surface area contributed by atoms with Crippen molar-refractivity contribution in [2.24, 2.45) is 11.3 Å². The number of hydrogen-bond donors (Lipinski definition) is 2. The summed E-state index contributed by atoms with van der Waals surface area (Å²) in [4.78, 5) is 28.5. The highest BCUT2D eigenvalue weighted by molar-refractivity contribution is 7.52. The topological polar surface area (TPSA) is 156 Å². The van der Waals surface area contributed by atoms with E-state index in [1.165, 1.54) is 0 Å². The molecule has 254 valence electrons. The van der Waals surface area contributed by atoms with Crippen LogP contribution in [0.25, 0.3) is 21.9 Å². The Bertz CT molecular complexity index is 1890. The van der Waals surface area contributed by atoms with Crippen LogP contribution in [-0.2, 0) is 23.4 Å². The number of fused-ring (bicyclic) bond motifs is 2. The van der Waals surface area contributed by atoms with E-state index >= 15 is 0 Å². The zero-order chi connectivity index (χ0) is 34.2. The molecule has 48 heavy (non-hydrogen) atoms. The molecule has 13 nitrogen and oxygen atoms in total. The lowest BCUT2D eigenvalue weighted by Crippen LogP contribution is -2.37. The number of ether oxygens (including phenoxy) is 2. The van der Waals surface area contributed by atoms with E-state index in [1.54, 1.807) is 30.0 Å². The molecule has 0 spiro atoms. The van der Waals surface area contributed by atoms with E-state index in [4.69, 9.17) is 30.7 Å². The van der Waals surface area contributed by atoms with Crippen LogP contribution >= 0.6 is 7.75 Å². The standard InChI is InChI=1S/C34H42N7O6P/c1-7-22-17-25(46-31(22)41-20-36-28-29(40(6)24-15-16-24)37-33(35)38-30(28)41)18-45-48(43,39-21(2)32(42)44-19-34(3,4)5)47-27-14-10-12-23-11-8-9-13-26(23)27/h1,8-14,20-22,24-25,31H,15-19H2,2-6H3,(H,39,43)(H2,35,37,38)/t21-,22+,25+,31-,48-/m1/s1. The molecule has 0 radical (unpaired) electrons. The lowest BCUT2D eigenvalue weighted by Gasteiger charge is -2.25. The van der Waals surface area contributed by atoms with Gasteiger partial charge in [-0.2, -0.15) is 15.1 Å². The van der Waals surface area contributed by atoms with Crippen LogP contribution in [0.1, 0.15) is 53.2 Å². The van der Waals surface area contributed by atoms with Gasteiger partial charge in [-0.15, -0.1) is 6.42 Å². The summed E-state index contributed by atoms with van der Waals surface area (Å²) >= 11 is 0. The molecule has 2 aromatic heterocycles. The van der Waals surface area contributed by atoms with Gasteiger partial charge in [-0.05, 0) is 43.1 Å². The lowest BCUT2D eigenvalue weighted by atomic mass is 9.99. The van der Waals surface area contributed by atoms with Gasteiger partial charge in [-0.25, -0.2) is 9.55 Å². The summed E-state index contributed by atoms with van der Waals surface area (Å²) in [5.74, 6) is 2.96. The van der Waals surface area contributed by atoms with Gasteiger partial charge < -0.3 is 24.6 Å². The minimum Gasteiger partial charge on any atom is -0.464 e. The quantitative estimate of drug-likeness (QED) is 0.111. The molecule has 4 aromatic rings. The summed E-state index contributed by atoms with van der Waals surface area (Å²) < 4.78 is 40.2. The van der Waals surface area contributed by atoms with Crippen molar-refractivity contribution in [3.8, 4) is 18.1 Å². The van der Waals surface area contributed by atoms with Gasteiger partial charge in [0.2, 0.25) is 5.95 Å². The molecule has 3 heterocycles. The number of terminal acetylenes is 1. The molecule has 0 unspecified atom stereocenters. The number of rotatable bonds is 12. The Morgan fingerprint density at radius 2 is 1.98 bits per heavy atom. The zero-order valence-electron chi connectivity index (χ0n) is 27.8. The second-order valence-corrected chi connectivity index (χ2v) is 15.3. The fraction of sp³-hybridized carbons (Fsp3) is 0.471. The Labute approximate surface area is 280 Å². The molecule has 2 aliphatic rings. The highest BCUT2D eigenvalue weighted by Gasteiger charge is 2.40. The summed E-state index contributed by atoms with van der Waals surface area (Å²) in [5.41, 5.74) is 6.98. The summed E-state index contributed by atoms with van der Waals surface area (Å²) in [5, 5.41) is 4.41. The Balaban J connectivity index is 1.22. The third-order valence-corrected chi connectivity index (χ3v) is 9.91. The Morgan fingerprint density at radius 1 is 1.23 bits per heavy atom. The fourth-order valence-electron chi connectivity index (χ4n) is 5.63. The number of nitrogens with zero attached hydrogens (tertiary/aromatic N) is 5. The predicted octanol–water partition coefficient (Wildman–Crippen LogP) is 5.47. The van der Waals surface area contributed by atoms with Crippen molar-refractivity contribution in [2.45, 2.75) is 71.4 Å². The van der Waals surface area contributed by atoms with Crippen LogP contribution in [0.2, 0.25) is 0 Å². The van der Waals surface area contributed by atoms with Gasteiger partial charge >= 0.3 is 13.7 Å². The second-order valence-electron chi connectivity index (χ2n) is 13.6. The third kappa shape index (κ3) is 7.42. The van der Waals surface area contributed by atoms with Crippen LogP contribution < -0.4 is 20.2 Å². The van der Waals surface area contributed by atoms with Crippen molar-refractivity contribution in [1.82, 2.24) is 24.6 Å². The molecule has 2 aromatic carbocycles. The smallest absolute Gasteiger partial charge is 0.459 e. The van der Waals surface area contributed by atoms with Crippen molar-refractivity contribution in [2.75, 3.05) is 30.9 Å². The molecule has 1 aliphatic carbocycles. The largest absolute Gasteiger partial charge is 0.464 e. The Hall–Kier alpha value is -4.21. The van der Waals surface area contributed by atoms with Crippen molar-refractivity contribution in [3.63, 3.8) is 0 Å². The minimum atomic E-state index is -4.19. The molecule has 0 bridgehead atoms. The summed E-state index contributed by atoms with van der Waals surface area (Å²) in [6.07, 6.45) is 8.94. The van der Waals surface area contributed by atoms with E-state index in [9.17, 15) is 9.36 Å².